The van der Waals surface area contributed by atoms with Crippen molar-refractivity contribution in [2.24, 2.45) is 0 Å². The Kier molecular flexibility index (Phi) is 5.49. The van der Waals surface area contributed by atoms with E-state index in [2.05, 4.69) is 0 Å². The van der Waals surface area contributed by atoms with Gasteiger partial charge in [-0.15, -0.1) is 0 Å². The summed E-state index contributed by atoms with van der Waals surface area (Å²) in [6.07, 6.45) is 1.41. The largest absolute Gasteiger partial charge is 0.508 e. The Bertz CT molecular complexity index is 1280. The molecule has 1 aromatic heterocycles. The van der Waals surface area contributed by atoms with Crippen LogP contribution < -0.4 is 4.90 Å². The molecule has 1 unspecified atom stereocenters. The molecule has 0 aliphatic carbocycles. The second kappa shape index (κ2) is 8.13. The summed E-state index contributed by atoms with van der Waals surface area (Å²) in [6.45, 7) is 1.09. The van der Waals surface area contributed by atoms with Crippen molar-refractivity contribution < 1.29 is 32.6 Å². The third-order valence-corrected chi connectivity index (χ3v) is 7.10. The summed E-state index contributed by atoms with van der Waals surface area (Å²) >= 11 is 0. The number of aliphatic carboxylic acids is 1. The van der Waals surface area contributed by atoms with E-state index in [1.54, 1.807) is 31.2 Å². The lowest BCUT2D eigenvalue weighted by atomic mass is 10.1. The predicted molar refractivity (Wildman–Crippen MR) is 114 cm³/mol. The van der Waals surface area contributed by atoms with Gasteiger partial charge in [0.15, 0.2) is 5.76 Å². The van der Waals surface area contributed by atoms with Gasteiger partial charge >= 0.3 is 5.97 Å². The quantitative estimate of drug-likeness (QED) is 0.617. The summed E-state index contributed by atoms with van der Waals surface area (Å²) in [4.78, 5) is 26.5. The summed E-state index contributed by atoms with van der Waals surface area (Å²) in [5.74, 6) is -2.06. The van der Waals surface area contributed by atoms with E-state index in [0.29, 0.717) is 11.3 Å². The molecule has 166 valence electrons. The molecule has 2 heterocycles. The molecule has 1 amide bonds. The van der Waals surface area contributed by atoms with Crippen LogP contribution in [0.5, 0.6) is 5.75 Å². The summed E-state index contributed by atoms with van der Waals surface area (Å²) in [7, 11) is -4.27. The molecule has 1 aliphatic heterocycles. The van der Waals surface area contributed by atoms with Crippen LogP contribution in [-0.4, -0.2) is 47.4 Å². The Balaban J connectivity index is 1.82. The molecule has 9 nitrogen and oxygen atoms in total. The number of para-hydroxylation sites is 1. The monoisotopic (exact) mass is 456 g/mol. The molecular weight excluding hydrogens is 436 g/mol. The highest BCUT2D eigenvalue weighted by Gasteiger charge is 2.42. The number of phenols is 1. The third-order valence-electron chi connectivity index (χ3n) is 5.23. The van der Waals surface area contributed by atoms with Crippen molar-refractivity contribution in [1.82, 2.24) is 4.31 Å². The zero-order valence-corrected chi connectivity index (χ0v) is 17.8. The van der Waals surface area contributed by atoms with Crippen LogP contribution in [-0.2, 0) is 21.4 Å². The molecule has 0 bridgehead atoms. The fraction of sp³-hybridized carbons (Fsp3) is 0.182. The van der Waals surface area contributed by atoms with Crippen LogP contribution in [0, 0.1) is 6.92 Å². The number of benzene rings is 2. The van der Waals surface area contributed by atoms with E-state index >= 15 is 0 Å². The highest BCUT2D eigenvalue weighted by Crippen LogP contribution is 2.32. The average molecular weight is 456 g/mol. The summed E-state index contributed by atoms with van der Waals surface area (Å²) in [5, 5.41) is 19.4. The number of phenolic OH excluding ortho intramolecular Hbond substituents is 1. The number of hydrogen-bond donors (Lipinski definition) is 2. The number of carbonyl (C=O) groups excluding carboxylic acids is 1. The number of furan rings is 1. The topological polar surface area (TPSA) is 128 Å². The maximum Gasteiger partial charge on any atom is 0.323 e. The molecule has 1 atom stereocenters. The van der Waals surface area contributed by atoms with Gasteiger partial charge in [0.2, 0.25) is 10.0 Å². The van der Waals surface area contributed by atoms with Gasteiger partial charge in [-0.25, -0.2) is 8.42 Å². The first-order valence-electron chi connectivity index (χ1n) is 9.67. The van der Waals surface area contributed by atoms with Gasteiger partial charge in [-0.05, 0) is 54.4 Å². The zero-order chi connectivity index (χ0) is 23.0. The van der Waals surface area contributed by atoms with Crippen molar-refractivity contribution in [3.05, 3.63) is 77.7 Å². The molecule has 4 rings (SSSR count). The molecule has 0 spiro atoms. The smallest absolute Gasteiger partial charge is 0.323 e. The Morgan fingerprint density at radius 3 is 2.41 bits per heavy atom. The molecular formula is C22H20N2O7S. The average Bonchev–Trinajstić information content (AvgIpc) is 3.11. The van der Waals surface area contributed by atoms with Crippen LogP contribution >= 0.6 is 0 Å². The van der Waals surface area contributed by atoms with Gasteiger partial charge in [-0.3, -0.25) is 9.59 Å². The third kappa shape index (κ3) is 3.85. The number of sulfonamides is 1. The fourth-order valence-electron chi connectivity index (χ4n) is 3.62. The first-order valence-corrected chi connectivity index (χ1v) is 11.1. The van der Waals surface area contributed by atoms with Crippen molar-refractivity contribution in [3.8, 4) is 5.75 Å². The highest BCUT2D eigenvalue weighted by atomic mass is 32.2. The summed E-state index contributed by atoms with van der Waals surface area (Å²) in [6, 6.07) is 11.5. The van der Waals surface area contributed by atoms with Crippen molar-refractivity contribution in [1.29, 1.82) is 0 Å². The van der Waals surface area contributed by atoms with E-state index in [0.717, 1.165) is 9.87 Å². The number of rotatable bonds is 4. The predicted octanol–water partition coefficient (Wildman–Crippen LogP) is 2.60. The van der Waals surface area contributed by atoms with Gasteiger partial charge in [0.05, 0.1) is 17.7 Å². The van der Waals surface area contributed by atoms with E-state index in [-0.39, 0.29) is 22.9 Å². The second-order valence-corrected chi connectivity index (χ2v) is 9.32. The normalized spacial score (nSPS) is 16.9. The maximum absolute atomic E-state index is 13.4. The Labute approximate surface area is 184 Å². The molecule has 0 saturated heterocycles. The fourth-order valence-corrected chi connectivity index (χ4v) is 5.18. The minimum absolute atomic E-state index is 0.0243. The number of carboxylic acids is 1. The second-order valence-electron chi connectivity index (χ2n) is 7.43. The van der Waals surface area contributed by atoms with Crippen LogP contribution in [0.3, 0.4) is 0 Å². The molecule has 0 radical (unpaired) electrons. The first kappa shape index (κ1) is 21.6. The van der Waals surface area contributed by atoms with Gasteiger partial charge in [-0.2, -0.15) is 4.31 Å². The molecule has 1 aliphatic rings. The van der Waals surface area contributed by atoms with E-state index < -0.39 is 34.5 Å². The number of carbonyl (C=O) groups is 2. The Morgan fingerprint density at radius 1 is 1.09 bits per heavy atom. The zero-order valence-electron chi connectivity index (χ0n) is 17.0. The number of amides is 1. The Hall–Kier alpha value is -3.63. The lowest BCUT2D eigenvalue weighted by molar-refractivity contribution is -0.141. The van der Waals surface area contributed by atoms with Gasteiger partial charge in [0.1, 0.15) is 11.8 Å². The highest BCUT2D eigenvalue weighted by molar-refractivity contribution is 7.89. The number of hydrogen-bond acceptors (Lipinski definition) is 6. The molecule has 3 aromatic rings. The van der Waals surface area contributed by atoms with Crippen molar-refractivity contribution >= 4 is 27.6 Å². The molecule has 0 saturated carbocycles. The lowest BCUT2D eigenvalue weighted by Crippen LogP contribution is -2.50. The number of aryl methyl sites for hydroxylation is 1. The number of carboxylic acid groups (broad SMARTS) is 1. The number of fused-ring (bicyclic) bond motifs is 1. The molecule has 2 aromatic carbocycles. The minimum atomic E-state index is -4.27. The molecule has 10 heteroatoms. The number of aromatic hydroxyl groups is 1. The maximum atomic E-state index is 13.4. The van der Waals surface area contributed by atoms with Crippen LogP contribution in [0.25, 0.3) is 0 Å². The van der Waals surface area contributed by atoms with Gasteiger partial charge in [-0.1, -0.05) is 18.2 Å². The van der Waals surface area contributed by atoms with E-state index in [1.165, 1.54) is 41.5 Å². The van der Waals surface area contributed by atoms with Gasteiger partial charge < -0.3 is 19.5 Å². The van der Waals surface area contributed by atoms with Gasteiger partial charge in [0, 0.05) is 12.2 Å². The lowest BCUT2D eigenvalue weighted by Gasteiger charge is -2.28. The number of nitrogens with zero attached hydrogens (tertiary/aromatic N) is 2. The van der Waals surface area contributed by atoms with E-state index in [1.807, 2.05) is 0 Å². The van der Waals surface area contributed by atoms with Gasteiger partial charge in [0.25, 0.3) is 5.91 Å². The molecule has 32 heavy (non-hydrogen) atoms. The van der Waals surface area contributed by atoms with Crippen molar-refractivity contribution in [3.63, 3.8) is 0 Å². The van der Waals surface area contributed by atoms with E-state index in [4.69, 9.17) is 4.42 Å². The number of anilines is 1. The molecule has 2 N–H and O–H groups in total. The first-order chi connectivity index (χ1) is 15.2. The van der Waals surface area contributed by atoms with Crippen LogP contribution in [0.15, 0.2) is 70.2 Å². The van der Waals surface area contributed by atoms with Crippen LogP contribution in [0.1, 0.15) is 21.7 Å². The standard InChI is InChI=1S/C22H20N2O7S/c1-14-10-20(31-13-14)21(26)23-12-19(22(27)28)24(11-15-4-2-3-5-18(15)23)32(29,30)17-8-6-16(25)7-9-17/h2-10,13,19,25H,11-12H2,1H3,(H,27,28). The SMILES string of the molecule is Cc1coc(C(=O)N2CC(C(=O)O)N(S(=O)(=O)c3ccc(O)cc3)Cc3ccccc32)c1. The Morgan fingerprint density at radius 2 is 1.78 bits per heavy atom. The van der Waals surface area contributed by atoms with Crippen molar-refractivity contribution in [2.75, 3.05) is 11.4 Å². The van der Waals surface area contributed by atoms with Crippen molar-refractivity contribution in [2.45, 2.75) is 24.4 Å². The van der Waals surface area contributed by atoms with E-state index in [9.17, 15) is 28.2 Å². The summed E-state index contributed by atoms with van der Waals surface area (Å²) in [5.41, 5.74) is 1.60. The summed E-state index contributed by atoms with van der Waals surface area (Å²) < 4.78 is 32.9. The van der Waals surface area contributed by atoms with Crippen LogP contribution in [0.4, 0.5) is 5.69 Å². The van der Waals surface area contributed by atoms with Crippen LogP contribution in [0.2, 0.25) is 0 Å². The minimum Gasteiger partial charge on any atom is -0.508 e. The molecule has 0 fully saturated rings.